The van der Waals surface area contributed by atoms with Gasteiger partial charge in [0.15, 0.2) is 0 Å². The van der Waals surface area contributed by atoms with Crippen LogP contribution in [0.25, 0.3) is 0 Å². The Bertz CT molecular complexity index is 380. The Kier molecular flexibility index (Phi) is 3.01. The molecular formula is C8H4ClF3OS. The van der Waals surface area contributed by atoms with Crippen LogP contribution in [0.5, 0.6) is 0 Å². The van der Waals surface area contributed by atoms with Gasteiger partial charge in [-0.15, -0.1) is 11.3 Å². The minimum atomic E-state index is -4.70. The van der Waals surface area contributed by atoms with Crippen molar-refractivity contribution in [3.8, 4) is 0 Å². The molecule has 0 N–H and O–H groups in total. The third-order valence-electron chi connectivity index (χ3n) is 1.44. The topological polar surface area (TPSA) is 17.1 Å². The van der Waals surface area contributed by atoms with Crippen molar-refractivity contribution in [2.24, 2.45) is 0 Å². The van der Waals surface area contributed by atoms with E-state index in [-0.39, 0.29) is 9.90 Å². The first-order valence-corrected chi connectivity index (χ1v) is 4.63. The average molecular weight is 241 g/mol. The molecule has 0 saturated heterocycles. The van der Waals surface area contributed by atoms with Crippen LogP contribution in [0.1, 0.15) is 9.67 Å². The molecule has 6 heteroatoms. The van der Waals surface area contributed by atoms with Crippen LogP contribution in [-0.2, 0) is 0 Å². The molecule has 0 atom stereocenters. The second-order valence-corrected chi connectivity index (χ2v) is 3.73. The molecule has 0 aromatic carbocycles. The summed E-state index contributed by atoms with van der Waals surface area (Å²) in [6, 6.07) is 1.36. The molecule has 0 fully saturated rings. The molecule has 1 nitrogen and oxygen atoms in total. The van der Waals surface area contributed by atoms with Crippen molar-refractivity contribution in [2.75, 3.05) is 0 Å². The van der Waals surface area contributed by atoms with Gasteiger partial charge in [0.25, 0.3) is 0 Å². The molecule has 0 spiro atoms. The van der Waals surface area contributed by atoms with Crippen LogP contribution in [0.2, 0.25) is 5.02 Å². The molecule has 0 aliphatic heterocycles. The number of hydrogen-bond acceptors (Lipinski definition) is 2. The Morgan fingerprint density at radius 2 is 2.07 bits per heavy atom. The van der Waals surface area contributed by atoms with E-state index in [0.717, 1.165) is 11.3 Å². The lowest BCUT2D eigenvalue weighted by molar-refractivity contribution is -0.0883. The van der Waals surface area contributed by atoms with Crippen LogP contribution < -0.4 is 0 Å². The van der Waals surface area contributed by atoms with Gasteiger partial charge >= 0.3 is 6.18 Å². The van der Waals surface area contributed by atoms with Gasteiger partial charge in [-0.1, -0.05) is 18.2 Å². The summed E-state index contributed by atoms with van der Waals surface area (Å²) in [6.45, 7) is 2.70. The third kappa shape index (κ3) is 2.16. The highest BCUT2D eigenvalue weighted by Gasteiger charge is 2.38. The number of hydrogen-bond donors (Lipinski definition) is 0. The highest BCUT2D eigenvalue weighted by Crippen LogP contribution is 2.31. The second kappa shape index (κ2) is 3.74. The Hall–Kier alpha value is -0.810. The van der Waals surface area contributed by atoms with Gasteiger partial charge in [0.1, 0.15) is 0 Å². The number of Topliss-reactive ketones (excluding diaryl/α,β-unsaturated/α-hetero) is 1. The summed E-state index contributed by atoms with van der Waals surface area (Å²) < 4.78 is 36.2. The molecule has 76 valence electrons. The largest absolute Gasteiger partial charge is 0.419 e. The van der Waals surface area contributed by atoms with Gasteiger partial charge in [-0.2, -0.15) is 13.2 Å². The monoisotopic (exact) mass is 240 g/mol. The average Bonchev–Trinajstić information content (AvgIpc) is 2.47. The zero-order valence-electron chi connectivity index (χ0n) is 6.69. The number of halogens is 4. The zero-order chi connectivity index (χ0) is 10.9. The minimum absolute atomic E-state index is 0.0189. The van der Waals surface area contributed by atoms with Crippen LogP contribution in [0.3, 0.4) is 0 Å². The summed E-state index contributed by atoms with van der Waals surface area (Å²) in [6.07, 6.45) is -4.70. The first-order valence-electron chi connectivity index (χ1n) is 3.38. The van der Waals surface area contributed by atoms with Crippen molar-refractivity contribution >= 4 is 28.7 Å². The smallest absolute Gasteiger partial charge is 0.288 e. The van der Waals surface area contributed by atoms with Crippen molar-refractivity contribution in [2.45, 2.75) is 6.18 Å². The molecular weight excluding hydrogens is 237 g/mol. The van der Waals surface area contributed by atoms with Crippen LogP contribution in [0, 0.1) is 0 Å². The Morgan fingerprint density at radius 1 is 1.50 bits per heavy atom. The summed E-state index contributed by atoms with van der Waals surface area (Å²) in [5.74, 6) is -1.17. The van der Waals surface area contributed by atoms with Crippen molar-refractivity contribution in [3.63, 3.8) is 0 Å². The van der Waals surface area contributed by atoms with Crippen molar-refractivity contribution < 1.29 is 18.0 Å². The predicted octanol–water partition coefficient (Wildman–Crippen LogP) is 3.70. The van der Waals surface area contributed by atoms with Gasteiger partial charge in [0.05, 0.1) is 15.5 Å². The molecule has 0 aliphatic carbocycles. The van der Waals surface area contributed by atoms with Crippen LogP contribution in [0.15, 0.2) is 23.6 Å². The normalized spacial score (nSPS) is 11.4. The van der Waals surface area contributed by atoms with E-state index in [9.17, 15) is 18.0 Å². The van der Waals surface area contributed by atoms with Gasteiger partial charge in [-0.3, -0.25) is 4.79 Å². The van der Waals surface area contributed by atoms with E-state index >= 15 is 0 Å². The fraction of sp³-hybridized carbons (Fsp3) is 0.125. The number of carbonyl (C=O) groups is 1. The van der Waals surface area contributed by atoms with E-state index in [1.54, 1.807) is 0 Å². The van der Waals surface area contributed by atoms with Gasteiger partial charge < -0.3 is 0 Å². The number of ketones is 1. The summed E-state index contributed by atoms with van der Waals surface area (Å²) in [5.41, 5.74) is -1.40. The molecule has 1 rings (SSSR count). The predicted molar refractivity (Wildman–Crippen MR) is 48.9 cm³/mol. The van der Waals surface area contributed by atoms with Gasteiger partial charge in [-0.05, 0) is 11.4 Å². The van der Waals surface area contributed by atoms with E-state index in [4.69, 9.17) is 11.6 Å². The summed E-state index contributed by atoms with van der Waals surface area (Å²) in [7, 11) is 0. The van der Waals surface area contributed by atoms with E-state index in [0.29, 0.717) is 0 Å². The van der Waals surface area contributed by atoms with Crippen molar-refractivity contribution in [3.05, 3.63) is 33.5 Å². The fourth-order valence-electron chi connectivity index (χ4n) is 0.722. The SMILES string of the molecule is C=C(C(=O)c1sccc1Cl)C(F)(F)F. The molecule has 0 bridgehead atoms. The number of rotatable bonds is 2. The molecule has 0 amide bonds. The molecule has 1 heterocycles. The molecule has 0 radical (unpaired) electrons. The van der Waals surface area contributed by atoms with E-state index in [1.165, 1.54) is 11.4 Å². The summed E-state index contributed by atoms with van der Waals surface area (Å²) >= 11 is 6.37. The number of thiophene rings is 1. The maximum Gasteiger partial charge on any atom is 0.419 e. The lowest BCUT2D eigenvalue weighted by atomic mass is 10.1. The Balaban J connectivity index is 2.99. The minimum Gasteiger partial charge on any atom is -0.288 e. The fourth-order valence-corrected chi connectivity index (χ4v) is 1.83. The summed E-state index contributed by atoms with van der Waals surface area (Å²) in [4.78, 5) is 11.0. The number of alkyl halides is 3. The Labute approximate surface area is 86.8 Å². The van der Waals surface area contributed by atoms with E-state index < -0.39 is 17.5 Å². The van der Waals surface area contributed by atoms with Crippen LogP contribution in [-0.4, -0.2) is 12.0 Å². The van der Waals surface area contributed by atoms with Crippen LogP contribution >= 0.6 is 22.9 Å². The highest BCUT2D eigenvalue weighted by molar-refractivity contribution is 7.13. The molecule has 1 aromatic heterocycles. The standard InChI is InChI=1S/C8H4ClF3OS/c1-4(8(10,11)12)6(13)7-5(9)2-3-14-7/h2-3H,1H2. The summed E-state index contributed by atoms with van der Waals surface area (Å²) in [5, 5.41) is 1.46. The zero-order valence-corrected chi connectivity index (χ0v) is 8.26. The maximum atomic E-state index is 12.1. The lowest BCUT2D eigenvalue weighted by Gasteiger charge is -2.07. The first kappa shape index (κ1) is 11.3. The van der Waals surface area contributed by atoms with Gasteiger partial charge in [0, 0.05) is 0 Å². The van der Waals surface area contributed by atoms with Gasteiger partial charge in [-0.25, -0.2) is 0 Å². The Morgan fingerprint density at radius 3 is 2.43 bits per heavy atom. The first-order chi connectivity index (χ1) is 6.34. The van der Waals surface area contributed by atoms with Gasteiger partial charge in [0.2, 0.25) is 5.78 Å². The molecule has 0 saturated carbocycles. The number of allylic oxidation sites excluding steroid dienone is 1. The molecule has 0 aliphatic rings. The number of carbonyl (C=O) groups excluding carboxylic acids is 1. The van der Waals surface area contributed by atoms with Crippen molar-refractivity contribution in [1.82, 2.24) is 0 Å². The van der Waals surface area contributed by atoms with Crippen molar-refractivity contribution in [1.29, 1.82) is 0 Å². The van der Waals surface area contributed by atoms with E-state index in [2.05, 4.69) is 6.58 Å². The van der Waals surface area contributed by atoms with Crippen LogP contribution in [0.4, 0.5) is 13.2 Å². The third-order valence-corrected chi connectivity index (χ3v) is 2.78. The highest BCUT2D eigenvalue weighted by atomic mass is 35.5. The van der Waals surface area contributed by atoms with E-state index in [1.807, 2.05) is 0 Å². The lowest BCUT2D eigenvalue weighted by Crippen LogP contribution is -2.18. The second-order valence-electron chi connectivity index (χ2n) is 2.40. The molecule has 0 unspecified atom stereocenters. The maximum absolute atomic E-state index is 12.1. The molecule has 14 heavy (non-hydrogen) atoms. The quantitative estimate of drug-likeness (QED) is 0.569. The molecule has 1 aromatic rings.